The molecule has 0 spiro atoms. The highest BCUT2D eigenvalue weighted by Gasteiger charge is 2.26. The minimum Gasteiger partial charge on any atom is -0.382 e. The van der Waals surface area contributed by atoms with Gasteiger partial charge in [-0.1, -0.05) is 6.07 Å². The van der Waals surface area contributed by atoms with Crippen LogP contribution in [0.5, 0.6) is 0 Å². The van der Waals surface area contributed by atoms with Gasteiger partial charge < -0.3 is 15.4 Å². The highest BCUT2D eigenvalue weighted by atomic mass is 16.5. The zero-order valence-electron chi connectivity index (χ0n) is 15.0. The third-order valence-corrected chi connectivity index (χ3v) is 5.07. The fourth-order valence-corrected chi connectivity index (χ4v) is 3.66. The van der Waals surface area contributed by atoms with Gasteiger partial charge in [-0.15, -0.1) is 0 Å². The summed E-state index contributed by atoms with van der Waals surface area (Å²) in [6, 6.07) is 5.42. The molecule has 3 rings (SSSR count). The van der Waals surface area contributed by atoms with Gasteiger partial charge in [-0.05, 0) is 43.0 Å². The summed E-state index contributed by atoms with van der Waals surface area (Å²) in [5.41, 5.74) is 2.62. The first-order valence-electron chi connectivity index (χ1n) is 8.70. The molecule has 1 fully saturated rings. The third-order valence-electron chi connectivity index (χ3n) is 5.07. The molecular weight excluding hydrogens is 320 g/mol. The third kappa shape index (κ3) is 3.21. The second-order valence-corrected chi connectivity index (χ2v) is 6.59. The summed E-state index contributed by atoms with van der Waals surface area (Å²) in [6.45, 7) is 2.18. The van der Waals surface area contributed by atoms with E-state index in [1.807, 2.05) is 6.07 Å². The van der Waals surface area contributed by atoms with Crippen LogP contribution in [0.15, 0.2) is 23.0 Å². The number of carbonyl (C=O) groups is 1. The molecule has 2 unspecified atom stereocenters. The van der Waals surface area contributed by atoms with Gasteiger partial charge in [0.15, 0.2) is 0 Å². The summed E-state index contributed by atoms with van der Waals surface area (Å²) in [4.78, 5) is 25.0. The molecule has 0 radical (unpaired) electrons. The fraction of sp³-hybridized carbons (Fsp3) is 0.556. The minimum absolute atomic E-state index is 0.146. The lowest BCUT2D eigenvalue weighted by Gasteiger charge is -2.23. The van der Waals surface area contributed by atoms with Crippen molar-refractivity contribution in [1.29, 1.82) is 0 Å². The van der Waals surface area contributed by atoms with Gasteiger partial charge >= 0.3 is 5.69 Å². The van der Waals surface area contributed by atoms with Gasteiger partial charge in [0, 0.05) is 27.7 Å². The molecule has 136 valence electrons. The minimum atomic E-state index is -0.687. The van der Waals surface area contributed by atoms with E-state index in [0.29, 0.717) is 5.92 Å². The van der Waals surface area contributed by atoms with Crippen molar-refractivity contribution in [2.24, 2.45) is 7.05 Å². The van der Waals surface area contributed by atoms with Crippen molar-refractivity contribution < 1.29 is 9.53 Å². The first-order chi connectivity index (χ1) is 12.1. The van der Waals surface area contributed by atoms with Gasteiger partial charge in [-0.3, -0.25) is 13.9 Å². The summed E-state index contributed by atoms with van der Waals surface area (Å²) < 4.78 is 8.32. The lowest BCUT2D eigenvalue weighted by atomic mass is 9.91. The number of piperidine rings is 1. The molecule has 2 heterocycles. The highest BCUT2D eigenvalue weighted by molar-refractivity contribution is 5.84. The SMILES string of the molecule is CNC(=O)C(COC)n1c(=O)n(C)c2cc(C3CCCNC3)ccc21. The predicted octanol–water partition coefficient (Wildman–Crippen LogP) is 0.741. The molecule has 2 atom stereocenters. The van der Waals surface area contributed by atoms with Crippen LogP contribution >= 0.6 is 0 Å². The number of ether oxygens (including phenoxy) is 1. The van der Waals surface area contributed by atoms with Crippen LogP contribution in [0.3, 0.4) is 0 Å². The molecule has 1 aliphatic rings. The van der Waals surface area contributed by atoms with E-state index >= 15 is 0 Å². The second-order valence-electron chi connectivity index (χ2n) is 6.59. The summed E-state index contributed by atoms with van der Waals surface area (Å²) in [6.07, 6.45) is 2.31. The van der Waals surface area contributed by atoms with E-state index in [4.69, 9.17) is 4.74 Å². The number of hydrogen-bond donors (Lipinski definition) is 2. The molecule has 1 saturated heterocycles. The van der Waals surface area contributed by atoms with Gasteiger partial charge in [0.25, 0.3) is 0 Å². The molecule has 25 heavy (non-hydrogen) atoms. The number of aryl methyl sites for hydroxylation is 1. The predicted molar refractivity (Wildman–Crippen MR) is 97.0 cm³/mol. The van der Waals surface area contributed by atoms with E-state index in [1.54, 1.807) is 18.7 Å². The maximum atomic E-state index is 12.8. The van der Waals surface area contributed by atoms with Gasteiger partial charge in [-0.25, -0.2) is 4.79 Å². The number of nitrogens with one attached hydrogen (secondary N) is 2. The van der Waals surface area contributed by atoms with Gasteiger partial charge in [0.1, 0.15) is 6.04 Å². The Morgan fingerprint density at radius 1 is 1.44 bits per heavy atom. The van der Waals surface area contributed by atoms with Crippen molar-refractivity contribution in [2.75, 3.05) is 33.9 Å². The Morgan fingerprint density at radius 2 is 2.24 bits per heavy atom. The van der Waals surface area contributed by atoms with Crippen molar-refractivity contribution >= 4 is 16.9 Å². The van der Waals surface area contributed by atoms with Gasteiger partial charge in [0.2, 0.25) is 5.91 Å². The van der Waals surface area contributed by atoms with E-state index in [1.165, 1.54) is 17.2 Å². The van der Waals surface area contributed by atoms with Crippen molar-refractivity contribution in [3.63, 3.8) is 0 Å². The number of carbonyl (C=O) groups excluding carboxylic acids is 1. The van der Waals surface area contributed by atoms with E-state index in [2.05, 4.69) is 22.8 Å². The number of methoxy groups -OCH3 is 1. The zero-order valence-corrected chi connectivity index (χ0v) is 15.0. The van der Waals surface area contributed by atoms with Crippen LogP contribution in [0, 0.1) is 0 Å². The number of benzene rings is 1. The molecule has 1 aliphatic heterocycles. The van der Waals surface area contributed by atoms with E-state index < -0.39 is 6.04 Å². The Kier molecular flexibility index (Phi) is 5.24. The number of amides is 1. The number of likely N-dealkylation sites (N-methyl/N-ethyl adjacent to an activating group) is 1. The Labute approximate surface area is 147 Å². The quantitative estimate of drug-likeness (QED) is 0.837. The van der Waals surface area contributed by atoms with Crippen LogP contribution in [0.1, 0.15) is 30.4 Å². The lowest BCUT2D eigenvalue weighted by Crippen LogP contribution is -2.38. The molecule has 1 amide bonds. The Hall–Kier alpha value is -2.12. The van der Waals surface area contributed by atoms with Crippen LogP contribution in [0.4, 0.5) is 0 Å². The molecule has 2 aromatic rings. The summed E-state index contributed by atoms with van der Waals surface area (Å²) in [5.74, 6) is 0.224. The number of imidazole rings is 1. The zero-order chi connectivity index (χ0) is 18.0. The summed E-state index contributed by atoms with van der Waals surface area (Å²) in [7, 11) is 4.84. The largest absolute Gasteiger partial charge is 0.382 e. The van der Waals surface area contributed by atoms with E-state index in [9.17, 15) is 9.59 Å². The standard InChI is InChI=1S/C18H26N4O3/c1-19-17(23)16(11-25-3)22-14-7-6-12(13-5-4-8-20-10-13)9-15(14)21(2)18(22)24/h6-7,9,13,16,20H,4-5,8,10-11H2,1-3H3,(H,19,23). The van der Waals surface area contributed by atoms with Crippen molar-refractivity contribution in [2.45, 2.75) is 24.8 Å². The van der Waals surface area contributed by atoms with Crippen LogP contribution < -0.4 is 16.3 Å². The number of aromatic nitrogens is 2. The average molecular weight is 346 g/mol. The summed E-state index contributed by atoms with van der Waals surface area (Å²) in [5, 5.41) is 6.04. The van der Waals surface area contributed by atoms with Crippen molar-refractivity contribution in [3.05, 3.63) is 34.2 Å². The van der Waals surface area contributed by atoms with Gasteiger partial charge in [-0.2, -0.15) is 0 Å². The number of nitrogens with zero attached hydrogens (tertiary/aromatic N) is 2. The molecule has 0 saturated carbocycles. The molecular formula is C18H26N4O3. The second kappa shape index (κ2) is 7.41. The maximum absolute atomic E-state index is 12.8. The number of hydrogen-bond acceptors (Lipinski definition) is 4. The molecule has 7 nitrogen and oxygen atoms in total. The first kappa shape index (κ1) is 17.7. The number of fused-ring (bicyclic) bond motifs is 1. The monoisotopic (exact) mass is 346 g/mol. The fourth-order valence-electron chi connectivity index (χ4n) is 3.66. The van der Waals surface area contributed by atoms with E-state index in [-0.39, 0.29) is 18.2 Å². The Morgan fingerprint density at radius 3 is 2.88 bits per heavy atom. The maximum Gasteiger partial charge on any atom is 0.329 e. The Balaban J connectivity index is 2.09. The van der Waals surface area contributed by atoms with Gasteiger partial charge in [0.05, 0.1) is 17.6 Å². The molecule has 1 aromatic heterocycles. The van der Waals surface area contributed by atoms with Crippen LogP contribution in [0.2, 0.25) is 0 Å². The van der Waals surface area contributed by atoms with Crippen LogP contribution in [-0.4, -0.2) is 48.9 Å². The van der Waals surface area contributed by atoms with Crippen molar-refractivity contribution in [1.82, 2.24) is 19.8 Å². The topological polar surface area (TPSA) is 77.3 Å². The van der Waals surface area contributed by atoms with E-state index in [0.717, 1.165) is 37.0 Å². The summed E-state index contributed by atoms with van der Waals surface area (Å²) >= 11 is 0. The van der Waals surface area contributed by atoms with Crippen LogP contribution in [0.25, 0.3) is 11.0 Å². The smallest absolute Gasteiger partial charge is 0.329 e. The molecule has 1 aromatic carbocycles. The van der Waals surface area contributed by atoms with Crippen LogP contribution in [-0.2, 0) is 16.6 Å². The normalized spacial score (nSPS) is 19.1. The number of rotatable bonds is 5. The first-order valence-corrected chi connectivity index (χ1v) is 8.70. The molecule has 0 bridgehead atoms. The molecule has 7 heteroatoms. The van der Waals surface area contributed by atoms with Crippen molar-refractivity contribution in [3.8, 4) is 0 Å². The molecule has 0 aliphatic carbocycles. The Bertz CT molecular complexity index is 818. The lowest BCUT2D eigenvalue weighted by molar-refractivity contribution is -0.125. The highest BCUT2D eigenvalue weighted by Crippen LogP contribution is 2.27. The average Bonchev–Trinajstić information content (AvgIpc) is 2.90. The molecule has 2 N–H and O–H groups in total.